The molecular weight excluding hydrogens is 278 g/mol. The molecule has 4 nitrogen and oxygen atoms in total. The van der Waals surface area contributed by atoms with E-state index in [2.05, 4.69) is 17.6 Å². The predicted molar refractivity (Wildman–Crippen MR) is 72.3 cm³/mol. The van der Waals surface area contributed by atoms with Gasteiger partial charge in [0, 0.05) is 6.42 Å². The van der Waals surface area contributed by atoms with Gasteiger partial charge < -0.3 is 0 Å². The highest BCUT2D eigenvalue weighted by atomic mass is 32.3. The summed E-state index contributed by atoms with van der Waals surface area (Å²) in [5.74, 6) is 0. The van der Waals surface area contributed by atoms with E-state index in [1.165, 1.54) is 11.3 Å². The van der Waals surface area contributed by atoms with Gasteiger partial charge in [0.15, 0.2) is 0 Å². The van der Waals surface area contributed by atoms with Gasteiger partial charge in [0.2, 0.25) is 0 Å². The molecule has 0 fully saturated rings. The highest BCUT2D eigenvalue weighted by molar-refractivity contribution is 8.01. The number of fused-ring (bicyclic) bond motifs is 1. The van der Waals surface area contributed by atoms with Crippen molar-refractivity contribution in [2.24, 2.45) is 0 Å². The van der Waals surface area contributed by atoms with Crippen molar-refractivity contribution >= 4 is 44.3 Å². The molecule has 0 aliphatic rings. The smallest absolute Gasteiger partial charge is 0.276 e. The standard InChI is InChI=1S/C10H11NO3S3/c12-17(13,14)10(15)6-5-9-11-7-3-1-2-4-8(7)16-9/h1-4,10,15H,5-6H2,(H,12,13,14)/t10-/m0/s1. The van der Waals surface area contributed by atoms with E-state index in [0.29, 0.717) is 6.42 Å². The summed E-state index contributed by atoms with van der Waals surface area (Å²) in [5.41, 5.74) is 0.912. The molecule has 0 saturated heterocycles. The lowest BCUT2D eigenvalue weighted by Gasteiger charge is -2.04. The average molecular weight is 289 g/mol. The number of aryl methyl sites for hydroxylation is 1. The normalized spacial score (nSPS) is 14.0. The van der Waals surface area contributed by atoms with Gasteiger partial charge in [0.1, 0.15) is 4.58 Å². The fourth-order valence-electron chi connectivity index (χ4n) is 1.42. The molecule has 1 N–H and O–H groups in total. The van der Waals surface area contributed by atoms with Crippen LogP contribution in [0.5, 0.6) is 0 Å². The van der Waals surface area contributed by atoms with Gasteiger partial charge in [0.05, 0.1) is 15.2 Å². The Bertz CT molecular complexity index is 588. The zero-order chi connectivity index (χ0) is 12.5. The van der Waals surface area contributed by atoms with Crippen LogP contribution >= 0.6 is 24.0 Å². The van der Waals surface area contributed by atoms with Crippen LogP contribution in [0.2, 0.25) is 0 Å². The van der Waals surface area contributed by atoms with E-state index in [1.807, 2.05) is 24.3 Å². The first-order valence-corrected chi connectivity index (χ1v) is 7.79. The van der Waals surface area contributed by atoms with Crippen molar-refractivity contribution in [3.8, 4) is 0 Å². The Labute approximate surface area is 109 Å². The molecule has 1 heterocycles. The zero-order valence-corrected chi connectivity index (χ0v) is 11.3. The second-order valence-corrected chi connectivity index (χ2v) is 7.27. The molecule has 17 heavy (non-hydrogen) atoms. The van der Waals surface area contributed by atoms with Gasteiger partial charge in [0.25, 0.3) is 10.1 Å². The quantitative estimate of drug-likeness (QED) is 0.670. The molecule has 0 unspecified atom stereocenters. The molecule has 0 amide bonds. The number of thiol groups is 1. The summed E-state index contributed by atoms with van der Waals surface area (Å²) in [7, 11) is -4.06. The number of para-hydroxylation sites is 1. The molecule has 1 aromatic heterocycles. The minimum absolute atomic E-state index is 0.252. The number of nitrogens with zero attached hydrogens (tertiary/aromatic N) is 1. The summed E-state index contributed by atoms with van der Waals surface area (Å²) in [6.07, 6.45) is 0.745. The predicted octanol–water partition coefficient (Wildman–Crippen LogP) is 2.37. The molecule has 7 heteroatoms. The van der Waals surface area contributed by atoms with Crippen molar-refractivity contribution in [2.45, 2.75) is 17.4 Å². The third-order valence-corrected chi connectivity index (χ3v) is 5.36. The van der Waals surface area contributed by atoms with Crippen molar-refractivity contribution in [3.63, 3.8) is 0 Å². The Morgan fingerprint density at radius 2 is 2.12 bits per heavy atom. The number of aromatic nitrogens is 1. The van der Waals surface area contributed by atoms with E-state index in [-0.39, 0.29) is 6.42 Å². The number of hydrogen-bond acceptors (Lipinski definition) is 5. The molecule has 0 spiro atoms. The molecule has 1 aromatic carbocycles. The minimum Gasteiger partial charge on any atom is -0.285 e. The van der Waals surface area contributed by atoms with Crippen LogP contribution in [0, 0.1) is 0 Å². The Morgan fingerprint density at radius 1 is 1.41 bits per heavy atom. The first-order chi connectivity index (χ1) is 7.97. The van der Waals surface area contributed by atoms with Crippen LogP contribution in [0.1, 0.15) is 11.4 Å². The largest absolute Gasteiger partial charge is 0.285 e. The highest BCUT2D eigenvalue weighted by Crippen LogP contribution is 2.23. The van der Waals surface area contributed by atoms with Crippen LogP contribution < -0.4 is 0 Å². The lowest BCUT2D eigenvalue weighted by atomic mass is 10.3. The fraction of sp³-hybridized carbons (Fsp3) is 0.300. The third kappa shape index (κ3) is 3.19. The van der Waals surface area contributed by atoms with Gasteiger partial charge >= 0.3 is 0 Å². The first kappa shape index (κ1) is 12.8. The van der Waals surface area contributed by atoms with Crippen LogP contribution in [-0.2, 0) is 16.5 Å². The maximum atomic E-state index is 10.8. The second-order valence-electron chi connectivity index (χ2n) is 3.58. The molecule has 0 aliphatic heterocycles. The van der Waals surface area contributed by atoms with E-state index in [0.717, 1.165) is 15.2 Å². The fourth-order valence-corrected chi connectivity index (χ4v) is 2.95. The van der Waals surface area contributed by atoms with Crippen LogP contribution in [0.15, 0.2) is 24.3 Å². The highest BCUT2D eigenvalue weighted by Gasteiger charge is 2.18. The van der Waals surface area contributed by atoms with Gasteiger partial charge in [-0.1, -0.05) is 12.1 Å². The van der Waals surface area contributed by atoms with Gasteiger partial charge in [-0.15, -0.1) is 11.3 Å². The molecule has 92 valence electrons. The van der Waals surface area contributed by atoms with Crippen LogP contribution in [0.25, 0.3) is 10.2 Å². The first-order valence-electron chi connectivity index (χ1n) is 4.95. The molecule has 2 rings (SSSR count). The summed E-state index contributed by atoms with van der Waals surface area (Å²) < 4.78 is 30.4. The maximum absolute atomic E-state index is 10.8. The molecule has 1 atom stereocenters. The summed E-state index contributed by atoms with van der Waals surface area (Å²) in [5, 5.41) is 0.855. The monoisotopic (exact) mass is 289 g/mol. The van der Waals surface area contributed by atoms with Crippen molar-refractivity contribution in [1.82, 2.24) is 4.98 Å². The van der Waals surface area contributed by atoms with Gasteiger partial charge in [-0.25, -0.2) is 4.98 Å². The van der Waals surface area contributed by atoms with Crippen molar-refractivity contribution in [3.05, 3.63) is 29.3 Å². The van der Waals surface area contributed by atoms with Crippen LogP contribution in [-0.4, -0.2) is 22.5 Å². The van der Waals surface area contributed by atoms with E-state index in [4.69, 9.17) is 4.55 Å². The molecule has 0 radical (unpaired) electrons. The Hall–Kier alpha value is -0.630. The molecule has 0 saturated carbocycles. The maximum Gasteiger partial charge on any atom is 0.276 e. The summed E-state index contributed by atoms with van der Waals surface area (Å²) >= 11 is 5.37. The SMILES string of the molecule is O=S(=O)(O)[C@H](S)CCc1nc2ccccc2s1. The number of hydrogen-bond donors (Lipinski definition) is 2. The molecule has 0 bridgehead atoms. The van der Waals surface area contributed by atoms with Crippen LogP contribution in [0.3, 0.4) is 0 Å². The number of benzene rings is 1. The van der Waals surface area contributed by atoms with Crippen molar-refractivity contribution < 1.29 is 13.0 Å². The topological polar surface area (TPSA) is 67.3 Å². The van der Waals surface area contributed by atoms with Crippen LogP contribution in [0.4, 0.5) is 0 Å². The molecular formula is C10H11NO3S3. The summed E-state index contributed by atoms with van der Waals surface area (Å²) in [6.45, 7) is 0. The average Bonchev–Trinajstić information content (AvgIpc) is 2.66. The zero-order valence-electron chi connectivity index (χ0n) is 8.78. The van der Waals surface area contributed by atoms with Crippen molar-refractivity contribution in [2.75, 3.05) is 0 Å². The summed E-state index contributed by atoms with van der Waals surface area (Å²) in [6, 6.07) is 7.73. The van der Waals surface area contributed by atoms with E-state index in [1.54, 1.807) is 0 Å². The second kappa shape index (κ2) is 4.93. The third-order valence-electron chi connectivity index (χ3n) is 2.29. The van der Waals surface area contributed by atoms with E-state index < -0.39 is 14.7 Å². The summed E-state index contributed by atoms with van der Waals surface area (Å²) in [4.78, 5) is 4.37. The minimum atomic E-state index is -4.06. The van der Waals surface area contributed by atoms with Gasteiger partial charge in [-0.05, 0) is 18.6 Å². The Kier molecular flexibility index (Phi) is 3.72. The number of rotatable bonds is 4. The Balaban J connectivity index is 2.09. The molecule has 0 aliphatic carbocycles. The van der Waals surface area contributed by atoms with Gasteiger partial charge in [-0.2, -0.15) is 21.0 Å². The lowest BCUT2D eigenvalue weighted by molar-refractivity contribution is 0.477. The number of thiazole rings is 1. The van der Waals surface area contributed by atoms with Crippen molar-refractivity contribution in [1.29, 1.82) is 0 Å². The lowest BCUT2D eigenvalue weighted by Crippen LogP contribution is -2.14. The van der Waals surface area contributed by atoms with E-state index in [9.17, 15) is 8.42 Å². The van der Waals surface area contributed by atoms with E-state index >= 15 is 0 Å². The van der Waals surface area contributed by atoms with Gasteiger partial charge in [-0.3, -0.25) is 4.55 Å². The Morgan fingerprint density at radius 3 is 2.76 bits per heavy atom. The molecule has 2 aromatic rings.